The molecule has 0 aromatic heterocycles. The number of esters is 1. The Labute approximate surface area is 157 Å². The molecule has 0 saturated carbocycles. The third-order valence-corrected chi connectivity index (χ3v) is 4.30. The number of ether oxygens (including phenoxy) is 1. The maximum absolute atomic E-state index is 12.4. The summed E-state index contributed by atoms with van der Waals surface area (Å²) in [7, 11) is 1.67. The van der Waals surface area contributed by atoms with Crippen molar-refractivity contribution in [2.24, 2.45) is 5.73 Å². The molecule has 7 nitrogen and oxygen atoms in total. The molecule has 0 amide bonds. The fourth-order valence-corrected chi connectivity index (χ4v) is 2.64. The summed E-state index contributed by atoms with van der Waals surface area (Å²) in [6, 6.07) is 10.1. The van der Waals surface area contributed by atoms with Gasteiger partial charge in [-0.15, -0.1) is 0 Å². The Morgan fingerprint density at radius 3 is 2.37 bits per heavy atom. The minimum Gasteiger partial charge on any atom is -0.508 e. The molecular formula is C20H24N2O5. The first-order chi connectivity index (χ1) is 12.8. The molecule has 5 N–H and O–H groups in total. The Hall–Kier alpha value is -2.90. The molecule has 0 aliphatic rings. The van der Waals surface area contributed by atoms with E-state index in [9.17, 15) is 14.7 Å². The Morgan fingerprint density at radius 2 is 1.81 bits per heavy atom. The van der Waals surface area contributed by atoms with Gasteiger partial charge >= 0.3 is 11.9 Å². The molecule has 0 aliphatic heterocycles. The molecule has 0 fully saturated rings. The summed E-state index contributed by atoms with van der Waals surface area (Å²) in [6.45, 7) is 1.81. The van der Waals surface area contributed by atoms with Gasteiger partial charge in [0.25, 0.3) is 0 Å². The standard InChI is InChI=1S/C20H24N2O5/c1-12-9-16(8-5-14(12)11-17(21)19(24)25)27-20(26)18(22-2)10-13-3-6-15(23)7-4-13/h3-9,17-18,22-23H,10-11,21H2,1-2H3,(H,24,25)/t17-,18-/m0/s1. The number of phenolic OH excluding ortho intramolecular Hbond substituents is 1. The normalized spacial score (nSPS) is 13.0. The highest BCUT2D eigenvalue weighted by Gasteiger charge is 2.20. The number of aryl methyl sites for hydroxylation is 1. The molecule has 144 valence electrons. The number of nitrogens with one attached hydrogen (secondary N) is 1. The topological polar surface area (TPSA) is 122 Å². The van der Waals surface area contributed by atoms with Gasteiger partial charge in [-0.3, -0.25) is 4.79 Å². The summed E-state index contributed by atoms with van der Waals surface area (Å²) in [4.78, 5) is 23.3. The van der Waals surface area contributed by atoms with Crippen molar-refractivity contribution in [3.63, 3.8) is 0 Å². The predicted octanol–water partition coefficient (Wildman–Crippen LogP) is 1.39. The third kappa shape index (κ3) is 5.80. The monoisotopic (exact) mass is 372 g/mol. The fourth-order valence-electron chi connectivity index (χ4n) is 2.64. The number of aliphatic carboxylic acids is 1. The van der Waals surface area contributed by atoms with Crippen molar-refractivity contribution in [1.82, 2.24) is 5.32 Å². The zero-order chi connectivity index (χ0) is 20.0. The summed E-state index contributed by atoms with van der Waals surface area (Å²) < 4.78 is 5.45. The van der Waals surface area contributed by atoms with Crippen LogP contribution in [0.25, 0.3) is 0 Å². The molecule has 0 unspecified atom stereocenters. The van der Waals surface area contributed by atoms with E-state index in [2.05, 4.69) is 5.32 Å². The first-order valence-electron chi connectivity index (χ1n) is 8.55. The van der Waals surface area contributed by atoms with Crippen LogP contribution in [0.5, 0.6) is 11.5 Å². The van der Waals surface area contributed by atoms with Crippen LogP contribution in [0, 0.1) is 6.92 Å². The van der Waals surface area contributed by atoms with Gasteiger partial charge in [0.05, 0.1) is 0 Å². The second-order valence-corrected chi connectivity index (χ2v) is 6.37. The van der Waals surface area contributed by atoms with E-state index >= 15 is 0 Å². The van der Waals surface area contributed by atoms with Crippen LogP contribution in [0.4, 0.5) is 0 Å². The van der Waals surface area contributed by atoms with E-state index < -0.39 is 24.0 Å². The van der Waals surface area contributed by atoms with E-state index in [1.165, 1.54) is 0 Å². The number of benzene rings is 2. The van der Waals surface area contributed by atoms with Gasteiger partial charge < -0.3 is 26.0 Å². The van der Waals surface area contributed by atoms with Crippen LogP contribution < -0.4 is 15.8 Å². The van der Waals surface area contributed by atoms with Gasteiger partial charge in [0, 0.05) is 0 Å². The number of hydrogen-bond acceptors (Lipinski definition) is 6. The van der Waals surface area contributed by atoms with E-state index in [1.807, 2.05) is 6.92 Å². The highest BCUT2D eigenvalue weighted by Crippen LogP contribution is 2.19. The van der Waals surface area contributed by atoms with Crippen LogP contribution in [0.1, 0.15) is 16.7 Å². The number of carboxylic acid groups (broad SMARTS) is 1. The van der Waals surface area contributed by atoms with Crippen molar-refractivity contribution < 1.29 is 24.5 Å². The zero-order valence-electron chi connectivity index (χ0n) is 15.3. The fraction of sp³-hybridized carbons (Fsp3) is 0.300. The lowest BCUT2D eigenvalue weighted by Crippen LogP contribution is -2.39. The number of rotatable bonds is 8. The summed E-state index contributed by atoms with van der Waals surface area (Å²) in [5, 5.41) is 21.2. The highest BCUT2D eigenvalue weighted by atomic mass is 16.5. The molecule has 2 aromatic rings. The SMILES string of the molecule is CN[C@@H](Cc1ccc(O)cc1)C(=O)Oc1ccc(C[C@H](N)C(=O)O)c(C)c1. The summed E-state index contributed by atoms with van der Waals surface area (Å²) >= 11 is 0. The molecule has 0 spiro atoms. The largest absolute Gasteiger partial charge is 0.508 e. The van der Waals surface area contributed by atoms with Crippen LogP contribution in [0.3, 0.4) is 0 Å². The minimum absolute atomic E-state index is 0.167. The number of likely N-dealkylation sites (N-methyl/N-ethyl adjacent to an activating group) is 1. The molecule has 7 heteroatoms. The molecule has 27 heavy (non-hydrogen) atoms. The third-order valence-electron chi connectivity index (χ3n) is 4.30. The lowest BCUT2D eigenvalue weighted by Gasteiger charge is -2.16. The number of hydrogen-bond donors (Lipinski definition) is 4. The zero-order valence-corrected chi connectivity index (χ0v) is 15.3. The highest BCUT2D eigenvalue weighted by molar-refractivity contribution is 5.78. The van der Waals surface area contributed by atoms with Crippen molar-refractivity contribution in [1.29, 1.82) is 0 Å². The van der Waals surface area contributed by atoms with Crippen LogP contribution >= 0.6 is 0 Å². The molecule has 0 heterocycles. The van der Waals surface area contributed by atoms with Gasteiger partial charge in [-0.25, -0.2) is 4.79 Å². The molecule has 2 atom stereocenters. The Bertz CT molecular complexity index is 805. The first-order valence-corrected chi connectivity index (χ1v) is 8.55. The van der Waals surface area contributed by atoms with E-state index in [1.54, 1.807) is 49.5 Å². The first kappa shape index (κ1) is 20.4. The Morgan fingerprint density at radius 1 is 1.15 bits per heavy atom. The molecule has 0 radical (unpaired) electrons. The number of aromatic hydroxyl groups is 1. The second-order valence-electron chi connectivity index (χ2n) is 6.37. The average Bonchev–Trinajstić information content (AvgIpc) is 2.63. The van der Waals surface area contributed by atoms with Crippen molar-refractivity contribution >= 4 is 11.9 Å². The van der Waals surface area contributed by atoms with E-state index in [0.29, 0.717) is 12.2 Å². The van der Waals surface area contributed by atoms with Crippen molar-refractivity contribution in [2.75, 3.05) is 7.05 Å². The number of carboxylic acids is 1. The molecular weight excluding hydrogens is 348 g/mol. The number of carbonyl (C=O) groups is 2. The van der Waals surface area contributed by atoms with Gasteiger partial charge in [-0.2, -0.15) is 0 Å². The maximum atomic E-state index is 12.4. The van der Waals surface area contributed by atoms with E-state index in [-0.39, 0.29) is 12.2 Å². The Kier molecular flexibility index (Phi) is 6.92. The smallest absolute Gasteiger partial charge is 0.328 e. The van der Waals surface area contributed by atoms with Crippen LogP contribution in [0.15, 0.2) is 42.5 Å². The summed E-state index contributed by atoms with van der Waals surface area (Å²) in [5.41, 5.74) is 8.05. The van der Waals surface area contributed by atoms with Gasteiger partial charge in [-0.05, 0) is 67.8 Å². The van der Waals surface area contributed by atoms with Crippen molar-refractivity contribution in [3.05, 3.63) is 59.2 Å². The lowest BCUT2D eigenvalue weighted by molar-refractivity contribution is -0.138. The molecule has 0 aliphatic carbocycles. The molecule has 0 bridgehead atoms. The molecule has 2 aromatic carbocycles. The minimum atomic E-state index is -1.06. The van der Waals surface area contributed by atoms with E-state index in [0.717, 1.165) is 16.7 Å². The van der Waals surface area contributed by atoms with Crippen molar-refractivity contribution in [2.45, 2.75) is 31.8 Å². The van der Waals surface area contributed by atoms with Gasteiger partial charge in [-0.1, -0.05) is 18.2 Å². The van der Waals surface area contributed by atoms with Crippen LogP contribution in [-0.2, 0) is 22.4 Å². The number of nitrogens with two attached hydrogens (primary N) is 1. The number of phenols is 1. The van der Waals surface area contributed by atoms with Gasteiger partial charge in [0.15, 0.2) is 0 Å². The lowest BCUT2D eigenvalue weighted by atomic mass is 10.0. The van der Waals surface area contributed by atoms with Crippen LogP contribution in [-0.4, -0.2) is 41.3 Å². The Balaban J connectivity index is 2.03. The predicted molar refractivity (Wildman–Crippen MR) is 101 cm³/mol. The van der Waals surface area contributed by atoms with Crippen LogP contribution in [0.2, 0.25) is 0 Å². The maximum Gasteiger partial charge on any atom is 0.328 e. The van der Waals surface area contributed by atoms with Gasteiger partial charge in [0.1, 0.15) is 23.6 Å². The summed E-state index contributed by atoms with van der Waals surface area (Å²) in [6.07, 6.45) is 0.621. The molecule has 0 saturated heterocycles. The quantitative estimate of drug-likeness (QED) is 0.408. The average molecular weight is 372 g/mol. The van der Waals surface area contributed by atoms with Crippen molar-refractivity contribution in [3.8, 4) is 11.5 Å². The summed E-state index contributed by atoms with van der Waals surface area (Å²) in [5.74, 6) is -0.937. The van der Waals surface area contributed by atoms with E-state index in [4.69, 9.17) is 15.6 Å². The molecule has 2 rings (SSSR count). The number of carbonyl (C=O) groups excluding carboxylic acids is 1. The van der Waals surface area contributed by atoms with Gasteiger partial charge in [0.2, 0.25) is 0 Å². The second kappa shape index (κ2) is 9.16.